The Bertz CT molecular complexity index is 1350. The minimum Gasteiger partial charge on any atom is -0.459 e. The van der Waals surface area contributed by atoms with Gasteiger partial charge < -0.3 is 33.2 Å². The van der Waals surface area contributed by atoms with Crippen molar-refractivity contribution in [1.82, 2.24) is 0 Å². The van der Waals surface area contributed by atoms with Gasteiger partial charge in [0.1, 0.15) is 12.7 Å². The lowest BCUT2D eigenvalue weighted by Gasteiger charge is -2.44. The minimum absolute atomic E-state index is 0.0494. The SMILES string of the molecule is C=C(C)C(=O)OC[C@H]1O[C@H](OCCCCCCCCCCCCOCc2ccccc2)[C@@H](OC(=O)C(=C)C)[C@@H](OC(=O)C(=C)C)[C@@H]1OC(=O)C(=C)C. The van der Waals surface area contributed by atoms with Crippen molar-refractivity contribution in [3.63, 3.8) is 0 Å². The summed E-state index contributed by atoms with van der Waals surface area (Å²) >= 11 is 0. The van der Waals surface area contributed by atoms with E-state index in [4.69, 9.17) is 33.2 Å². The second-order valence-electron chi connectivity index (χ2n) is 13.3. The van der Waals surface area contributed by atoms with Crippen LogP contribution in [0.25, 0.3) is 0 Å². The Morgan fingerprint density at radius 1 is 0.577 bits per heavy atom. The third-order valence-electron chi connectivity index (χ3n) is 8.17. The molecule has 1 heterocycles. The summed E-state index contributed by atoms with van der Waals surface area (Å²) in [5, 5.41) is 0. The van der Waals surface area contributed by atoms with E-state index >= 15 is 0 Å². The number of hydrogen-bond donors (Lipinski definition) is 0. The summed E-state index contributed by atoms with van der Waals surface area (Å²) in [5.74, 6) is -3.16. The first-order chi connectivity index (χ1) is 24.8. The Balaban J connectivity index is 1.94. The van der Waals surface area contributed by atoms with Gasteiger partial charge in [0.05, 0.1) is 6.61 Å². The molecule has 288 valence electrons. The monoisotopic (exact) mass is 726 g/mol. The fourth-order valence-corrected chi connectivity index (χ4v) is 5.19. The van der Waals surface area contributed by atoms with Gasteiger partial charge in [-0.25, -0.2) is 19.2 Å². The minimum atomic E-state index is -1.43. The van der Waals surface area contributed by atoms with Gasteiger partial charge in [0.2, 0.25) is 0 Å². The Kier molecular flexibility index (Phi) is 20.6. The highest BCUT2D eigenvalue weighted by atomic mass is 16.7. The van der Waals surface area contributed by atoms with Crippen molar-refractivity contribution >= 4 is 23.9 Å². The zero-order valence-corrected chi connectivity index (χ0v) is 31.5. The summed E-state index contributed by atoms with van der Waals surface area (Å²) < 4.78 is 40.4. The van der Waals surface area contributed by atoms with Crippen molar-refractivity contribution in [2.75, 3.05) is 19.8 Å². The molecule has 1 aliphatic heterocycles. The molecular formula is C41H58O11. The predicted octanol–water partition coefficient (Wildman–Crippen LogP) is 7.43. The van der Waals surface area contributed by atoms with Gasteiger partial charge in [-0.15, -0.1) is 0 Å². The molecule has 1 aliphatic rings. The van der Waals surface area contributed by atoms with E-state index < -0.39 is 61.2 Å². The first-order valence-corrected chi connectivity index (χ1v) is 18.1. The van der Waals surface area contributed by atoms with Crippen LogP contribution in [0.5, 0.6) is 0 Å². The molecule has 5 atom stereocenters. The molecule has 0 N–H and O–H groups in total. The predicted molar refractivity (Wildman–Crippen MR) is 197 cm³/mol. The highest BCUT2D eigenvalue weighted by molar-refractivity contribution is 5.89. The Morgan fingerprint density at radius 2 is 1.02 bits per heavy atom. The van der Waals surface area contributed by atoms with Crippen LogP contribution in [0.1, 0.15) is 97.5 Å². The number of ether oxygens (including phenoxy) is 7. The van der Waals surface area contributed by atoms with E-state index in [1.165, 1.54) is 58.9 Å². The first kappa shape index (κ1) is 44.1. The maximum absolute atomic E-state index is 12.8. The summed E-state index contributed by atoms with van der Waals surface area (Å²) in [6.07, 6.45) is 4.04. The molecule has 11 nitrogen and oxygen atoms in total. The van der Waals surface area contributed by atoms with Gasteiger partial charge in [-0.3, -0.25) is 0 Å². The number of rotatable bonds is 25. The van der Waals surface area contributed by atoms with E-state index in [0.717, 1.165) is 38.7 Å². The van der Waals surface area contributed by atoms with Crippen LogP contribution in [0.2, 0.25) is 0 Å². The molecule has 1 aromatic rings. The normalized spacial score (nSPS) is 19.6. The average molecular weight is 727 g/mol. The topological polar surface area (TPSA) is 133 Å². The van der Waals surface area contributed by atoms with E-state index in [2.05, 4.69) is 38.4 Å². The van der Waals surface area contributed by atoms with Crippen LogP contribution in [0.15, 0.2) is 78.9 Å². The maximum Gasteiger partial charge on any atom is 0.333 e. The molecule has 0 spiro atoms. The second kappa shape index (κ2) is 24.2. The van der Waals surface area contributed by atoms with Crippen LogP contribution in [0.3, 0.4) is 0 Å². The molecule has 0 aromatic heterocycles. The third kappa shape index (κ3) is 16.5. The fraction of sp³-hybridized carbons (Fsp3) is 0.561. The number of unbranched alkanes of at least 4 members (excludes halogenated alkanes) is 9. The number of carbonyl (C=O) groups is 4. The zero-order valence-electron chi connectivity index (χ0n) is 31.5. The highest BCUT2D eigenvalue weighted by Gasteiger charge is 2.53. The first-order valence-electron chi connectivity index (χ1n) is 18.1. The van der Waals surface area contributed by atoms with Gasteiger partial charge in [-0.1, -0.05) is 108 Å². The quantitative estimate of drug-likeness (QED) is 0.0431. The maximum atomic E-state index is 12.8. The average Bonchev–Trinajstić information content (AvgIpc) is 3.10. The van der Waals surface area contributed by atoms with Crippen molar-refractivity contribution < 1.29 is 52.3 Å². The molecule has 0 unspecified atom stereocenters. The largest absolute Gasteiger partial charge is 0.459 e. The number of esters is 4. The lowest BCUT2D eigenvalue weighted by molar-refractivity contribution is -0.307. The van der Waals surface area contributed by atoms with Crippen LogP contribution in [0, 0.1) is 0 Å². The fourth-order valence-electron chi connectivity index (χ4n) is 5.19. The molecule has 0 radical (unpaired) electrons. The summed E-state index contributed by atoms with van der Waals surface area (Å²) in [6.45, 7) is 21.5. The van der Waals surface area contributed by atoms with Crippen LogP contribution < -0.4 is 0 Å². The highest BCUT2D eigenvalue weighted by Crippen LogP contribution is 2.31. The van der Waals surface area contributed by atoms with E-state index in [0.29, 0.717) is 13.0 Å². The third-order valence-corrected chi connectivity index (χ3v) is 8.17. The van der Waals surface area contributed by atoms with Crippen molar-refractivity contribution in [2.24, 2.45) is 0 Å². The Hall–Kier alpha value is -4.06. The molecule has 0 saturated carbocycles. The molecule has 1 aromatic carbocycles. The zero-order chi connectivity index (χ0) is 38.5. The van der Waals surface area contributed by atoms with Crippen molar-refractivity contribution in [1.29, 1.82) is 0 Å². The summed E-state index contributed by atoms with van der Waals surface area (Å²) in [4.78, 5) is 50.6. The molecular weight excluding hydrogens is 668 g/mol. The lowest BCUT2D eigenvalue weighted by atomic mass is 9.97. The number of carbonyl (C=O) groups excluding carboxylic acids is 4. The molecule has 1 fully saturated rings. The van der Waals surface area contributed by atoms with E-state index in [1.54, 1.807) is 0 Å². The Morgan fingerprint density at radius 3 is 1.52 bits per heavy atom. The van der Waals surface area contributed by atoms with E-state index in [9.17, 15) is 19.2 Å². The molecule has 0 bridgehead atoms. The molecule has 0 aliphatic carbocycles. The van der Waals surface area contributed by atoms with Crippen LogP contribution >= 0.6 is 0 Å². The molecule has 0 amide bonds. The van der Waals surface area contributed by atoms with Gasteiger partial charge in [-0.05, 0) is 46.1 Å². The van der Waals surface area contributed by atoms with Gasteiger partial charge >= 0.3 is 23.9 Å². The number of benzene rings is 1. The molecule has 2 rings (SSSR count). The standard InChI is InChI=1S/C41H58O11/c1-28(2)37(42)48-27-33-34(50-38(43)29(3)4)35(51-39(44)30(5)6)36(52-40(45)31(7)8)41(49-33)47-25-21-16-14-12-10-9-11-13-15-20-24-46-26-32-22-18-17-19-23-32/h17-19,22-23,33-36,41H,1,3,5,7,9-16,20-21,24-27H2,2,4,6,8H3/t33-,34-,35+,36+,41+/m1/s1. The van der Waals surface area contributed by atoms with Crippen molar-refractivity contribution in [3.8, 4) is 0 Å². The van der Waals surface area contributed by atoms with Gasteiger partial charge in [0, 0.05) is 35.5 Å². The van der Waals surface area contributed by atoms with E-state index in [1.807, 2.05) is 18.2 Å². The smallest absolute Gasteiger partial charge is 0.333 e. The summed E-state index contributed by atoms with van der Waals surface area (Å²) in [5.41, 5.74) is 1.51. The summed E-state index contributed by atoms with van der Waals surface area (Å²) in [7, 11) is 0. The Labute approximate surface area is 309 Å². The van der Waals surface area contributed by atoms with Crippen molar-refractivity contribution in [3.05, 3.63) is 84.5 Å². The number of hydrogen-bond acceptors (Lipinski definition) is 11. The van der Waals surface area contributed by atoms with Crippen molar-refractivity contribution in [2.45, 2.75) is 129 Å². The molecule has 11 heteroatoms. The summed E-state index contributed by atoms with van der Waals surface area (Å²) in [6, 6.07) is 10.2. The second-order valence-corrected chi connectivity index (χ2v) is 13.3. The van der Waals surface area contributed by atoms with Crippen LogP contribution in [0.4, 0.5) is 0 Å². The molecule has 52 heavy (non-hydrogen) atoms. The van der Waals surface area contributed by atoms with Crippen LogP contribution in [-0.2, 0) is 58.9 Å². The van der Waals surface area contributed by atoms with Crippen LogP contribution in [-0.4, -0.2) is 74.4 Å². The van der Waals surface area contributed by atoms with Gasteiger partial charge in [-0.2, -0.15) is 0 Å². The lowest BCUT2D eigenvalue weighted by Crippen LogP contribution is -2.63. The van der Waals surface area contributed by atoms with Gasteiger partial charge in [0.25, 0.3) is 0 Å². The van der Waals surface area contributed by atoms with E-state index in [-0.39, 0.29) is 28.9 Å². The molecule has 1 saturated heterocycles. The van der Waals surface area contributed by atoms with Gasteiger partial charge in [0.15, 0.2) is 24.6 Å².